The molecule has 0 saturated heterocycles. The first kappa shape index (κ1) is 13.9. The lowest BCUT2D eigenvalue weighted by Gasteiger charge is -2.17. The maximum Gasteiger partial charge on any atom is 0.112 e. The quantitative estimate of drug-likeness (QED) is 0.921. The zero-order valence-corrected chi connectivity index (χ0v) is 13.1. The summed E-state index contributed by atoms with van der Waals surface area (Å²) in [6.07, 6.45) is 0. The summed E-state index contributed by atoms with van der Waals surface area (Å²) in [5.74, 6) is 0. The van der Waals surface area contributed by atoms with Crippen molar-refractivity contribution < 1.29 is 0 Å². The topological polar surface area (TPSA) is 28.2 Å². The number of aromatic nitrogens is 1. The third-order valence-electron chi connectivity index (χ3n) is 3.21. The molecule has 0 saturated carbocycles. The van der Waals surface area contributed by atoms with E-state index in [2.05, 4.69) is 68.3 Å². The van der Waals surface area contributed by atoms with Gasteiger partial charge < -0.3 is 10.2 Å². The first-order valence-electron chi connectivity index (χ1n) is 6.42. The zero-order valence-electron chi connectivity index (χ0n) is 12.2. The van der Waals surface area contributed by atoms with Crippen LogP contribution in [0.4, 0.5) is 11.4 Å². The number of anilines is 2. The first-order chi connectivity index (χ1) is 8.97. The van der Waals surface area contributed by atoms with Crippen LogP contribution in [0.5, 0.6) is 0 Å². The minimum Gasteiger partial charge on any atom is -0.378 e. The van der Waals surface area contributed by atoms with Gasteiger partial charge in [-0.1, -0.05) is 6.07 Å². The Hall–Kier alpha value is -1.55. The third kappa shape index (κ3) is 3.26. The number of hydrogen-bond acceptors (Lipinski definition) is 4. The second kappa shape index (κ2) is 5.61. The molecule has 4 heteroatoms. The van der Waals surface area contributed by atoms with E-state index < -0.39 is 0 Å². The van der Waals surface area contributed by atoms with E-state index in [-0.39, 0.29) is 0 Å². The molecule has 0 fully saturated rings. The molecule has 102 valence electrons. The smallest absolute Gasteiger partial charge is 0.112 e. The Morgan fingerprint density at radius 3 is 2.53 bits per heavy atom. The lowest BCUT2D eigenvalue weighted by molar-refractivity contribution is 1.07. The standard InChI is InChI=1S/C15H21N3S/c1-10-6-7-13(8-14(10)18(4)5)16-9-15-17-11(2)12(3)19-15/h6-8,16H,9H2,1-5H3. The van der Waals surface area contributed by atoms with Gasteiger partial charge in [-0.05, 0) is 38.5 Å². The average Bonchev–Trinajstić information content (AvgIpc) is 2.67. The number of nitrogens with zero attached hydrogens (tertiary/aromatic N) is 2. The second-order valence-corrected chi connectivity index (χ2v) is 6.29. The summed E-state index contributed by atoms with van der Waals surface area (Å²) in [5, 5.41) is 4.59. The highest BCUT2D eigenvalue weighted by atomic mass is 32.1. The van der Waals surface area contributed by atoms with Crippen LogP contribution in [0.3, 0.4) is 0 Å². The molecule has 1 N–H and O–H groups in total. The SMILES string of the molecule is Cc1ccc(NCc2nc(C)c(C)s2)cc1N(C)C. The average molecular weight is 275 g/mol. The van der Waals surface area contributed by atoms with Gasteiger partial charge in [0.2, 0.25) is 0 Å². The lowest BCUT2D eigenvalue weighted by Crippen LogP contribution is -2.10. The number of hydrogen-bond donors (Lipinski definition) is 1. The van der Waals surface area contributed by atoms with Crippen LogP contribution in [-0.2, 0) is 6.54 Å². The predicted octanol–water partition coefficient (Wildman–Crippen LogP) is 3.75. The van der Waals surface area contributed by atoms with E-state index >= 15 is 0 Å². The molecule has 0 aliphatic carbocycles. The van der Waals surface area contributed by atoms with Crippen molar-refractivity contribution in [2.75, 3.05) is 24.3 Å². The predicted molar refractivity (Wildman–Crippen MR) is 84.4 cm³/mol. The van der Waals surface area contributed by atoms with Gasteiger partial charge in [-0.25, -0.2) is 4.98 Å². The summed E-state index contributed by atoms with van der Waals surface area (Å²) in [6, 6.07) is 6.45. The first-order valence-corrected chi connectivity index (χ1v) is 7.24. The van der Waals surface area contributed by atoms with Crippen molar-refractivity contribution in [3.8, 4) is 0 Å². The Bertz CT molecular complexity index is 553. The van der Waals surface area contributed by atoms with E-state index in [0.717, 1.165) is 22.9 Å². The van der Waals surface area contributed by atoms with Gasteiger partial charge in [-0.3, -0.25) is 0 Å². The Labute approximate surface area is 119 Å². The molecule has 1 aromatic carbocycles. The van der Waals surface area contributed by atoms with Crippen molar-refractivity contribution in [1.82, 2.24) is 4.98 Å². The Morgan fingerprint density at radius 2 is 1.95 bits per heavy atom. The van der Waals surface area contributed by atoms with E-state index in [1.54, 1.807) is 11.3 Å². The summed E-state index contributed by atoms with van der Waals surface area (Å²) < 4.78 is 0. The highest BCUT2D eigenvalue weighted by Gasteiger charge is 2.05. The van der Waals surface area contributed by atoms with Crippen molar-refractivity contribution in [1.29, 1.82) is 0 Å². The highest BCUT2D eigenvalue weighted by molar-refractivity contribution is 7.11. The van der Waals surface area contributed by atoms with Crippen LogP contribution in [0.25, 0.3) is 0 Å². The maximum absolute atomic E-state index is 4.55. The van der Waals surface area contributed by atoms with Crippen molar-refractivity contribution in [2.24, 2.45) is 0 Å². The van der Waals surface area contributed by atoms with E-state index in [0.29, 0.717) is 0 Å². The number of benzene rings is 1. The van der Waals surface area contributed by atoms with Gasteiger partial charge in [-0.2, -0.15) is 0 Å². The molecule has 1 aromatic heterocycles. The highest BCUT2D eigenvalue weighted by Crippen LogP contribution is 2.23. The van der Waals surface area contributed by atoms with E-state index in [1.807, 2.05) is 0 Å². The van der Waals surface area contributed by atoms with Crippen LogP contribution >= 0.6 is 11.3 Å². The molecule has 0 atom stereocenters. The fourth-order valence-electron chi connectivity index (χ4n) is 1.99. The van der Waals surface area contributed by atoms with Crippen molar-refractivity contribution in [3.63, 3.8) is 0 Å². The fourth-order valence-corrected chi connectivity index (χ4v) is 2.87. The third-order valence-corrected chi connectivity index (χ3v) is 4.28. The normalized spacial score (nSPS) is 10.6. The maximum atomic E-state index is 4.55. The summed E-state index contributed by atoms with van der Waals surface area (Å²) in [7, 11) is 4.14. The van der Waals surface area contributed by atoms with Gasteiger partial charge >= 0.3 is 0 Å². The van der Waals surface area contributed by atoms with Gasteiger partial charge in [0.05, 0.1) is 12.2 Å². The summed E-state index contributed by atoms with van der Waals surface area (Å²) >= 11 is 1.76. The molecule has 3 nitrogen and oxygen atoms in total. The van der Waals surface area contributed by atoms with E-state index in [9.17, 15) is 0 Å². The molecule has 0 amide bonds. The zero-order chi connectivity index (χ0) is 14.0. The number of rotatable bonds is 4. The van der Waals surface area contributed by atoms with Crippen LogP contribution in [0.1, 0.15) is 21.1 Å². The number of aryl methyl sites for hydroxylation is 3. The van der Waals surface area contributed by atoms with Gasteiger partial charge in [0.25, 0.3) is 0 Å². The molecule has 2 aromatic rings. The van der Waals surface area contributed by atoms with Crippen molar-refractivity contribution in [2.45, 2.75) is 27.3 Å². The van der Waals surface area contributed by atoms with Crippen molar-refractivity contribution in [3.05, 3.63) is 39.3 Å². The second-order valence-electron chi connectivity index (χ2n) is 5.00. The molecule has 0 bridgehead atoms. The van der Waals surface area contributed by atoms with Crippen LogP contribution < -0.4 is 10.2 Å². The van der Waals surface area contributed by atoms with E-state index in [1.165, 1.54) is 16.1 Å². The molecule has 19 heavy (non-hydrogen) atoms. The van der Waals surface area contributed by atoms with Crippen molar-refractivity contribution >= 4 is 22.7 Å². The summed E-state index contributed by atoms with van der Waals surface area (Å²) in [5.41, 5.74) is 4.81. The Kier molecular flexibility index (Phi) is 4.10. The fraction of sp³-hybridized carbons (Fsp3) is 0.400. The van der Waals surface area contributed by atoms with Gasteiger partial charge in [0.1, 0.15) is 5.01 Å². The summed E-state index contributed by atoms with van der Waals surface area (Å²) in [4.78, 5) is 7.98. The molecule has 0 aliphatic rings. The molecule has 0 spiro atoms. The molecule has 2 rings (SSSR count). The Balaban J connectivity index is 2.09. The molecule has 1 heterocycles. The number of nitrogens with one attached hydrogen (secondary N) is 1. The molecular formula is C15H21N3S. The van der Waals surface area contributed by atoms with Crippen LogP contribution in [0.2, 0.25) is 0 Å². The van der Waals surface area contributed by atoms with Gasteiger partial charge in [-0.15, -0.1) is 11.3 Å². The lowest BCUT2D eigenvalue weighted by atomic mass is 10.1. The van der Waals surface area contributed by atoms with Crippen LogP contribution in [0, 0.1) is 20.8 Å². The monoisotopic (exact) mass is 275 g/mol. The molecule has 0 radical (unpaired) electrons. The van der Waals surface area contributed by atoms with Gasteiger partial charge in [0.15, 0.2) is 0 Å². The van der Waals surface area contributed by atoms with Gasteiger partial charge in [0, 0.05) is 30.3 Å². The molecular weight excluding hydrogens is 254 g/mol. The van der Waals surface area contributed by atoms with E-state index in [4.69, 9.17) is 0 Å². The minimum atomic E-state index is 0.787. The number of thiazole rings is 1. The minimum absolute atomic E-state index is 0.787. The van der Waals surface area contributed by atoms with Crippen LogP contribution in [0.15, 0.2) is 18.2 Å². The molecule has 0 unspecified atom stereocenters. The van der Waals surface area contributed by atoms with Crippen LogP contribution in [-0.4, -0.2) is 19.1 Å². The summed E-state index contributed by atoms with van der Waals surface area (Å²) in [6.45, 7) is 7.10. The Morgan fingerprint density at radius 1 is 1.21 bits per heavy atom. The largest absolute Gasteiger partial charge is 0.378 e. The molecule has 0 aliphatic heterocycles.